The molecule has 434 valence electrons. The van der Waals surface area contributed by atoms with Gasteiger partial charge in [-0.25, -0.2) is 0 Å². The van der Waals surface area contributed by atoms with Crippen LogP contribution in [0.5, 0.6) is 0 Å². The molecule has 0 N–H and O–H groups in total. The van der Waals surface area contributed by atoms with Crippen LogP contribution in [0.3, 0.4) is 0 Å². The number of hydrogen-bond donors (Lipinski definition) is 0. The minimum atomic E-state index is -0.806. The summed E-state index contributed by atoms with van der Waals surface area (Å²) in [5, 5.41) is 0. The van der Waals surface area contributed by atoms with Gasteiger partial charge in [-0.15, -0.1) is 0 Å². The summed E-state index contributed by atoms with van der Waals surface area (Å²) in [6, 6.07) is 0. The molecule has 0 bridgehead atoms. The predicted octanol–water partition coefficient (Wildman–Crippen LogP) is 21.5. The number of rotatable bonds is 55. The molecule has 6 heteroatoms. The van der Waals surface area contributed by atoms with Crippen molar-refractivity contribution in [3.8, 4) is 0 Å². The molecule has 0 aromatic rings. The molecule has 0 aliphatic rings. The highest BCUT2D eigenvalue weighted by Gasteiger charge is 2.19. The van der Waals surface area contributed by atoms with Crippen LogP contribution in [0.2, 0.25) is 0 Å². The van der Waals surface area contributed by atoms with E-state index in [2.05, 4.69) is 167 Å². The molecule has 0 saturated carbocycles. The molecule has 1 unspecified atom stereocenters. The first-order valence-corrected chi connectivity index (χ1v) is 31.3. The Hall–Kier alpha value is -4.71. The molecular formula is C71H114O6. The summed E-state index contributed by atoms with van der Waals surface area (Å²) in [4.78, 5) is 38.3. The van der Waals surface area contributed by atoms with Crippen LogP contribution in [0.4, 0.5) is 0 Å². The Kier molecular flexibility index (Phi) is 59.9. The average Bonchev–Trinajstić information content (AvgIpc) is 3.43. The molecule has 0 rings (SSSR count). The second-order valence-electron chi connectivity index (χ2n) is 20.2. The summed E-state index contributed by atoms with van der Waals surface area (Å²) in [7, 11) is 0. The second kappa shape index (κ2) is 63.8. The van der Waals surface area contributed by atoms with Crippen LogP contribution in [0.25, 0.3) is 0 Å². The Bertz CT molecular complexity index is 1700. The quantitative estimate of drug-likeness (QED) is 0.0261. The Morgan fingerprint density at radius 2 is 0.468 bits per heavy atom. The molecule has 0 fully saturated rings. The summed E-state index contributed by atoms with van der Waals surface area (Å²) in [5.41, 5.74) is 0. The van der Waals surface area contributed by atoms with Gasteiger partial charge in [-0.1, -0.05) is 256 Å². The lowest BCUT2D eigenvalue weighted by Gasteiger charge is -2.18. The zero-order valence-corrected chi connectivity index (χ0v) is 49.7. The highest BCUT2D eigenvalue weighted by Crippen LogP contribution is 2.15. The third-order valence-corrected chi connectivity index (χ3v) is 12.8. The van der Waals surface area contributed by atoms with Gasteiger partial charge < -0.3 is 14.2 Å². The largest absolute Gasteiger partial charge is 0.462 e. The van der Waals surface area contributed by atoms with Crippen LogP contribution in [0.15, 0.2) is 146 Å². The van der Waals surface area contributed by atoms with Crippen molar-refractivity contribution >= 4 is 17.9 Å². The fraction of sp³-hybridized carbons (Fsp3) is 0.620. The lowest BCUT2D eigenvalue weighted by Crippen LogP contribution is -2.30. The first kappa shape index (κ1) is 72.3. The van der Waals surface area contributed by atoms with Gasteiger partial charge in [0.25, 0.3) is 0 Å². The fourth-order valence-corrected chi connectivity index (χ4v) is 8.24. The van der Waals surface area contributed by atoms with Crippen LogP contribution in [0.1, 0.15) is 265 Å². The highest BCUT2D eigenvalue weighted by atomic mass is 16.6. The average molecular weight is 1060 g/mol. The van der Waals surface area contributed by atoms with E-state index in [0.717, 1.165) is 161 Å². The van der Waals surface area contributed by atoms with Gasteiger partial charge in [0.2, 0.25) is 0 Å². The maximum absolute atomic E-state index is 12.9. The van der Waals surface area contributed by atoms with Gasteiger partial charge >= 0.3 is 17.9 Å². The minimum absolute atomic E-state index is 0.0996. The molecule has 0 heterocycles. The van der Waals surface area contributed by atoms with Crippen molar-refractivity contribution in [2.45, 2.75) is 271 Å². The number of hydrogen-bond acceptors (Lipinski definition) is 6. The number of carbonyl (C=O) groups excluding carboxylic acids is 3. The van der Waals surface area contributed by atoms with Gasteiger partial charge in [0.15, 0.2) is 6.10 Å². The minimum Gasteiger partial charge on any atom is -0.462 e. The molecule has 0 spiro atoms. The van der Waals surface area contributed by atoms with E-state index >= 15 is 0 Å². The Morgan fingerprint density at radius 1 is 0.260 bits per heavy atom. The smallest absolute Gasteiger partial charge is 0.306 e. The van der Waals surface area contributed by atoms with E-state index in [0.29, 0.717) is 19.3 Å². The van der Waals surface area contributed by atoms with Crippen molar-refractivity contribution < 1.29 is 28.6 Å². The van der Waals surface area contributed by atoms with Gasteiger partial charge in [-0.2, -0.15) is 0 Å². The van der Waals surface area contributed by atoms with Crippen molar-refractivity contribution in [3.63, 3.8) is 0 Å². The Balaban J connectivity index is 4.43. The molecule has 0 aromatic carbocycles. The molecule has 0 aromatic heterocycles. The molecule has 77 heavy (non-hydrogen) atoms. The standard InChI is InChI=1S/C71H114O6/c1-4-7-10-13-16-19-22-25-28-31-32-33-34-35-36-37-38-41-43-46-49-52-55-58-61-64-70(73)76-67-68(77-71(74)65-62-59-56-53-50-47-44-40-30-27-24-21-18-15-12-9-6-3)66-75-69(72)63-60-57-54-51-48-45-42-39-29-26-23-20-17-14-11-8-5-2/h7-12,16-21,25-30,32-33,35-36,44,47,68H,4-6,13-15,22-24,31,34,37-43,45-46,48-67H2,1-3H3/b10-7-,11-8-,12-9-,19-16-,20-17-,21-18-,28-25-,29-26-,30-27-,33-32-,36-35-,47-44-. The molecule has 0 amide bonds. The lowest BCUT2D eigenvalue weighted by molar-refractivity contribution is -0.167. The van der Waals surface area contributed by atoms with Crippen LogP contribution < -0.4 is 0 Å². The van der Waals surface area contributed by atoms with Crippen molar-refractivity contribution in [1.82, 2.24) is 0 Å². The van der Waals surface area contributed by atoms with Crippen molar-refractivity contribution in [2.24, 2.45) is 0 Å². The summed E-state index contributed by atoms with van der Waals surface area (Å²) >= 11 is 0. The van der Waals surface area contributed by atoms with Crippen LogP contribution in [-0.2, 0) is 28.6 Å². The van der Waals surface area contributed by atoms with E-state index in [9.17, 15) is 14.4 Å². The molecule has 6 nitrogen and oxygen atoms in total. The van der Waals surface area contributed by atoms with Crippen LogP contribution in [0, 0.1) is 0 Å². The molecule has 0 aliphatic heterocycles. The van der Waals surface area contributed by atoms with E-state index < -0.39 is 6.10 Å². The zero-order valence-electron chi connectivity index (χ0n) is 49.7. The van der Waals surface area contributed by atoms with Crippen LogP contribution >= 0.6 is 0 Å². The predicted molar refractivity (Wildman–Crippen MR) is 334 cm³/mol. The van der Waals surface area contributed by atoms with Gasteiger partial charge in [0.1, 0.15) is 13.2 Å². The van der Waals surface area contributed by atoms with Gasteiger partial charge in [-0.05, 0) is 135 Å². The Labute approximate surface area is 474 Å². The zero-order chi connectivity index (χ0) is 55.7. The summed E-state index contributed by atoms with van der Waals surface area (Å²) in [6.45, 7) is 6.27. The first-order valence-electron chi connectivity index (χ1n) is 31.3. The highest BCUT2D eigenvalue weighted by molar-refractivity contribution is 5.71. The monoisotopic (exact) mass is 1060 g/mol. The van der Waals surface area contributed by atoms with Crippen molar-refractivity contribution in [1.29, 1.82) is 0 Å². The van der Waals surface area contributed by atoms with E-state index in [4.69, 9.17) is 14.2 Å². The van der Waals surface area contributed by atoms with Gasteiger partial charge in [0.05, 0.1) is 0 Å². The van der Waals surface area contributed by atoms with Crippen molar-refractivity contribution in [2.75, 3.05) is 13.2 Å². The Morgan fingerprint density at radius 3 is 0.727 bits per heavy atom. The normalized spacial score (nSPS) is 13.1. The second-order valence-corrected chi connectivity index (χ2v) is 20.2. The SMILES string of the molecule is CC/C=C\C/C=C\C/C=C\C/C=C\C/C=C\CCCCCCCCCCCC(=O)OCC(COC(=O)CCCCCCCCC/C=C\C/C=C\C/C=C\CC)OC(=O)CCCCCC/C=C\C/C=C\C/C=C\C/C=C\CC. The third-order valence-electron chi connectivity index (χ3n) is 12.8. The number of unbranched alkanes of at least 4 members (excludes halogenated alkanes) is 20. The number of carbonyl (C=O) groups is 3. The molecule has 0 aliphatic carbocycles. The number of allylic oxidation sites excluding steroid dienone is 24. The van der Waals surface area contributed by atoms with E-state index in [1.807, 2.05) is 0 Å². The number of ether oxygens (including phenoxy) is 3. The topological polar surface area (TPSA) is 78.9 Å². The molecule has 0 saturated heterocycles. The van der Waals surface area contributed by atoms with E-state index in [1.54, 1.807) is 0 Å². The summed E-state index contributed by atoms with van der Waals surface area (Å²) in [6.07, 6.45) is 91.3. The van der Waals surface area contributed by atoms with Crippen LogP contribution in [-0.4, -0.2) is 37.2 Å². The molecule has 0 radical (unpaired) electrons. The third kappa shape index (κ3) is 62.0. The maximum Gasteiger partial charge on any atom is 0.306 e. The number of esters is 3. The van der Waals surface area contributed by atoms with E-state index in [-0.39, 0.29) is 31.1 Å². The fourth-order valence-electron chi connectivity index (χ4n) is 8.24. The molecular weight excluding hydrogens is 949 g/mol. The first-order chi connectivity index (χ1) is 38.0. The van der Waals surface area contributed by atoms with E-state index in [1.165, 1.54) is 64.2 Å². The van der Waals surface area contributed by atoms with Crippen molar-refractivity contribution in [3.05, 3.63) is 146 Å². The summed E-state index contributed by atoms with van der Waals surface area (Å²) in [5.74, 6) is -0.940. The van der Waals surface area contributed by atoms with Gasteiger partial charge in [0, 0.05) is 19.3 Å². The van der Waals surface area contributed by atoms with Gasteiger partial charge in [-0.3, -0.25) is 14.4 Å². The summed E-state index contributed by atoms with van der Waals surface area (Å²) < 4.78 is 16.9. The lowest BCUT2D eigenvalue weighted by atomic mass is 10.1. The molecule has 1 atom stereocenters. The maximum atomic E-state index is 12.9.